The molecule has 2 aromatic rings. The van der Waals surface area contributed by atoms with Gasteiger partial charge in [0.15, 0.2) is 0 Å². The second-order valence-corrected chi connectivity index (χ2v) is 9.36. The van der Waals surface area contributed by atoms with Crippen LogP contribution in [0.2, 0.25) is 0 Å². The smallest absolute Gasteiger partial charge is 0.475 e. The fourth-order valence-corrected chi connectivity index (χ4v) is 4.73. The van der Waals surface area contributed by atoms with Crippen molar-refractivity contribution < 1.29 is 32.6 Å². The van der Waals surface area contributed by atoms with Crippen LogP contribution in [-0.4, -0.2) is 69.5 Å². The number of nitrogens with zero attached hydrogens (tertiary/aromatic N) is 3. The molecular weight excluding hydrogens is 461 g/mol. The minimum absolute atomic E-state index is 0.00691. The number of carbonyl (C=O) groups is 2. The van der Waals surface area contributed by atoms with Gasteiger partial charge >= 0.3 is 12.1 Å². The normalized spacial score (nSPS) is 20.0. The number of likely N-dealkylation sites (tertiary alicyclic amines) is 1. The average molecular weight is 489 g/mol. The van der Waals surface area contributed by atoms with Gasteiger partial charge in [-0.3, -0.25) is 9.69 Å². The van der Waals surface area contributed by atoms with Crippen LogP contribution in [0.3, 0.4) is 0 Å². The van der Waals surface area contributed by atoms with E-state index in [0.717, 1.165) is 44.8 Å². The molecule has 0 aromatic carbocycles. The van der Waals surface area contributed by atoms with Crippen molar-refractivity contribution in [1.82, 2.24) is 19.8 Å². The van der Waals surface area contributed by atoms with Crippen LogP contribution in [0.5, 0.6) is 0 Å². The molecule has 0 bridgehead atoms. The number of carboxylic acids is 1. The number of hydrogen-bond donors (Lipinski definition) is 2. The van der Waals surface area contributed by atoms with Crippen molar-refractivity contribution in [2.24, 2.45) is 13.0 Å². The van der Waals surface area contributed by atoms with Gasteiger partial charge in [-0.15, -0.1) is 11.3 Å². The van der Waals surface area contributed by atoms with E-state index in [1.54, 1.807) is 11.3 Å². The summed E-state index contributed by atoms with van der Waals surface area (Å²) in [5.74, 6) is -2.36. The Balaban J connectivity index is 0.000000383. The van der Waals surface area contributed by atoms with Gasteiger partial charge in [0.25, 0.3) is 5.91 Å². The standard InChI is InChI=1S/C19H26N4O2S.C2HF3O2/c1-14-17(26-13-21-14)9-23-11-19(12-23)6-5-15(10-25-19)8-20-18(24)16-4-3-7-22(16)2;3-2(4,5)1(6)7/h3-4,7,13,15H,5-6,8-12H2,1-2H3,(H,20,24);(H,6,7). The highest BCUT2D eigenvalue weighted by molar-refractivity contribution is 7.09. The quantitative estimate of drug-likeness (QED) is 0.672. The number of rotatable bonds is 5. The second-order valence-electron chi connectivity index (χ2n) is 8.42. The number of amides is 1. The Kier molecular flexibility index (Phi) is 7.80. The van der Waals surface area contributed by atoms with Crippen molar-refractivity contribution in [3.05, 3.63) is 40.1 Å². The van der Waals surface area contributed by atoms with Crippen molar-refractivity contribution in [2.75, 3.05) is 26.2 Å². The third-order valence-electron chi connectivity index (χ3n) is 5.84. The molecule has 2 aliphatic rings. The van der Waals surface area contributed by atoms with E-state index < -0.39 is 12.1 Å². The number of aryl methyl sites for hydroxylation is 2. The van der Waals surface area contributed by atoms with E-state index in [1.807, 2.05) is 35.5 Å². The molecule has 1 amide bonds. The van der Waals surface area contributed by atoms with Gasteiger partial charge in [0.1, 0.15) is 5.69 Å². The third-order valence-corrected chi connectivity index (χ3v) is 6.76. The third kappa shape index (κ3) is 6.55. The highest BCUT2D eigenvalue weighted by atomic mass is 32.1. The Morgan fingerprint density at radius 1 is 1.39 bits per heavy atom. The first-order valence-electron chi connectivity index (χ1n) is 10.4. The summed E-state index contributed by atoms with van der Waals surface area (Å²) in [6.45, 7) is 6.49. The molecule has 12 heteroatoms. The Bertz CT molecular complexity index is 959. The van der Waals surface area contributed by atoms with Gasteiger partial charge in [-0.2, -0.15) is 13.2 Å². The number of halogens is 3. The molecule has 2 fully saturated rings. The van der Waals surface area contributed by atoms with E-state index in [4.69, 9.17) is 14.6 Å². The molecule has 0 aliphatic carbocycles. The molecule has 1 unspecified atom stereocenters. The van der Waals surface area contributed by atoms with E-state index in [0.29, 0.717) is 18.2 Å². The first-order chi connectivity index (χ1) is 15.5. The number of carbonyl (C=O) groups excluding carboxylic acids is 1. The van der Waals surface area contributed by atoms with Crippen molar-refractivity contribution in [2.45, 2.75) is 38.1 Å². The number of carboxylic acid groups (broad SMARTS) is 1. The number of alkyl halides is 3. The molecule has 0 radical (unpaired) electrons. The van der Waals surface area contributed by atoms with E-state index in [-0.39, 0.29) is 11.5 Å². The van der Waals surface area contributed by atoms with Gasteiger partial charge in [-0.25, -0.2) is 9.78 Å². The molecule has 2 aliphatic heterocycles. The summed E-state index contributed by atoms with van der Waals surface area (Å²) in [7, 11) is 1.89. The van der Waals surface area contributed by atoms with Crippen molar-refractivity contribution in [3.8, 4) is 0 Å². The number of ether oxygens (including phenoxy) is 1. The zero-order chi connectivity index (χ0) is 24.2. The van der Waals surface area contributed by atoms with Crippen molar-refractivity contribution >= 4 is 23.2 Å². The summed E-state index contributed by atoms with van der Waals surface area (Å²) in [5, 5.41) is 10.2. The molecule has 4 rings (SSSR count). The Morgan fingerprint density at radius 3 is 2.58 bits per heavy atom. The highest BCUT2D eigenvalue weighted by Gasteiger charge is 2.46. The summed E-state index contributed by atoms with van der Waals surface area (Å²) in [6.07, 6.45) is -1.00. The zero-order valence-electron chi connectivity index (χ0n) is 18.4. The fraction of sp³-hybridized carbons (Fsp3) is 0.571. The van der Waals surface area contributed by atoms with Crippen LogP contribution in [0, 0.1) is 12.8 Å². The number of nitrogens with one attached hydrogen (secondary N) is 1. The summed E-state index contributed by atoms with van der Waals surface area (Å²) in [4.78, 5) is 29.2. The van der Waals surface area contributed by atoms with Gasteiger partial charge in [0.2, 0.25) is 0 Å². The van der Waals surface area contributed by atoms with Crippen LogP contribution < -0.4 is 5.32 Å². The number of aromatic nitrogens is 2. The van der Waals surface area contributed by atoms with E-state index >= 15 is 0 Å². The minimum Gasteiger partial charge on any atom is -0.475 e. The first kappa shape index (κ1) is 25.2. The maximum Gasteiger partial charge on any atom is 0.490 e. The van der Waals surface area contributed by atoms with Crippen LogP contribution in [0.4, 0.5) is 13.2 Å². The molecule has 33 heavy (non-hydrogen) atoms. The first-order valence-corrected chi connectivity index (χ1v) is 11.3. The van der Waals surface area contributed by atoms with Gasteiger partial charge in [0.05, 0.1) is 23.4 Å². The summed E-state index contributed by atoms with van der Waals surface area (Å²) < 4.78 is 39.8. The Morgan fingerprint density at radius 2 is 2.09 bits per heavy atom. The van der Waals surface area contributed by atoms with Crippen LogP contribution in [0.1, 0.15) is 33.9 Å². The van der Waals surface area contributed by atoms with Gasteiger partial charge in [-0.1, -0.05) is 0 Å². The molecular formula is C21H27F3N4O4S. The molecule has 2 aromatic heterocycles. The number of aliphatic carboxylic acids is 1. The maximum atomic E-state index is 12.2. The minimum atomic E-state index is -5.08. The van der Waals surface area contributed by atoms with Crippen LogP contribution >= 0.6 is 11.3 Å². The molecule has 2 N–H and O–H groups in total. The SMILES string of the molecule is Cc1ncsc1CN1CC2(CCC(CNC(=O)c3cccn3C)CO2)C1.O=C(O)C(F)(F)F. The van der Waals surface area contributed by atoms with Gasteiger partial charge in [0, 0.05) is 44.3 Å². The molecule has 8 nitrogen and oxygen atoms in total. The Hall–Kier alpha value is -2.44. The average Bonchev–Trinajstić information content (AvgIpc) is 3.34. The lowest BCUT2D eigenvalue weighted by atomic mass is 9.83. The largest absolute Gasteiger partial charge is 0.490 e. The molecule has 2 saturated heterocycles. The van der Waals surface area contributed by atoms with Crippen molar-refractivity contribution in [1.29, 1.82) is 0 Å². The highest BCUT2D eigenvalue weighted by Crippen LogP contribution is 2.37. The lowest BCUT2D eigenvalue weighted by molar-refractivity contribution is -0.192. The lowest BCUT2D eigenvalue weighted by Gasteiger charge is -2.52. The predicted octanol–water partition coefficient (Wildman–Crippen LogP) is 2.83. The van der Waals surface area contributed by atoms with Gasteiger partial charge in [-0.05, 0) is 37.8 Å². The molecule has 4 heterocycles. The Labute approximate surface area is 193 Å². The second kappa shape index (κ2) is 10.2. The van der Waals surface area contributed by atoms with E-state index in [2.05, 4.69) is 22.1 Å². The summed E-state index contributed by atoms with van der Waals surface area (Å²) in [5.41, 5.74) is 3.81. The molecule has 0 saturated carbocycles. The topological polar surface area (TPSA) is 96.7 Å². The lowest BCUT2D eigenvalue weighted by Crippen LogP contribution is -2.64. The fourth-order valence-electron chi connectivity index (χ4n) is 3.91. The van der Waals surface area contributed by atoms with E-state index in [9.17, 15) is 18.0 Å². The predicted molar refractivity (Wildman–Crippen MR) is 115 cm³/mol. The summed E-state index contributed by atoms with van der Waals surface area (Å²) in [6, 6.07) is 3.73. The van der Waals surface area contributed by atoms with E-state index in [1.165, 1.54) is 4.88 Å². The number of thiazole rings is 1. The number of hydrogen-bond acceptors (Lipinski definition) is 6. The molecule has 1 spiro atoms. The maximum absolute atomic E-state index is 12.2. The summed E-state index contributed by atoms with van der Waals surface area (Å²) >= 11 is 1.74. The van der Waals surface area contributed by atoms with Crippen LogP contribution in [0.15, 0.2) is 23.8 Å². The molecule has 1 atom stereocenters. The van der Waals surface area contributed by atoms with Crippen LogP contribution in [-0.2, 0) is 23.1 Å². The monoisotopic (exact) mass is 488 g/mol. The van der Waals surface area contributed by atoms with Crippen LogP contribution in [0.25, 0.3) is 0 Å². The van der Waals surface area contributed by atoms with Gasteiger partial charge < -0.3 is 19.7 Å². The molecule has 182 valence electrons. The zero-order valence-corrected chi connectivity index (χ0v) is 19.2. The van der Waals surface area contributed by atoms with Crippen molar-refractivity contribution in [3.63, 3.8) is 0 Å².